The van der Waals surface area contributed by atoms with Crippen LogP contribution in [0.25, 0.3) is 0 Å². The van der Waals surface area contributed by atoms with Gasteiger partial charge in [0.1, 0.15) is 0 Å². The molecule has 12 heavy (non-hydrogen) atoms. The fourth-order valence-electron chi connectivity index (χ4n) is 1.02. The lowest BCUT2D eigenvalue weighted by molar-refractivity contribution is 1.13. The van der Waals surface area contributed by atoms with Crippen molar-refractivity contribution in [1.82, 2.24) is 0 Å². The van der Waals surface area contributed by atoms with E-state index in [0.717, 1.165) is 0 Å². The molecule has 1 rings (SSSR count). The largest absolute Gasteiger partial charge is 0.128 e. The molecule has 0 atom stereocenters. The highest BCUT2D eigenvalue weighted by Gasteiger charge is 2.04. The van der Waals surface area contributed by atoms with Crippen molar-refractivity contribution in [2.24, 2.45) is 0 Å². The van der Waals surface area contributed by atoms with E-state index in [1.807, 2.05) is 35.3 Å². The van der Waals surface area contributed by atoms with Gasteiger partial charge in [0.05, 0.1) is 0 Å². The van der Waals surface area contributed by atoms with Gasteiger partial charge in [-0.3, -0.25) is 0 Å². The monoisotopic (exact) mass is 216 g/mol. The van der Waals surface area contributed by atoms with Gasteiger partial charge in [-0.1, -0.05) is 6.07 Å². The first-order valence-electron chi connectivity index (χ1n) is 3.58. The summed E-state index contributed by atoms with van der Waals surface area (Å²) < 4.78 is 0. The second-order valence-electron chi connectivity index (χ2n) is 2.20. The highest BCUT2D eigenvalue weighted by Crippen LogP contribution is 2.35. The van der Waals surface area contributed by atoms with Gasteiger partial charge < -0.3 is 0 Å². The molecule has 0 aliphatic carbocycles. The van der Waals surface area contributed by atoms with Crippen molar-refractivity contribution < 1.29 is 0 Å². The molecule has 0 unspecified atom stereocenters. The molecule has 0 aliphatic rings. The van der Waals surface area contributed by atoms with Crippen molar-refractivity contribution >= 4 is 35.3 Å². The van der Waals surface area contributed by atoms with Gasteiger partial charge in [0.2, 0.25) is 0 Å². The molecule has 0 fully saturated rings. The highest BCUT2D eigenvalue weighted by atomic mass is 32.2. The Morgan fingerprint density at radius 3 is 1.67 bits per heavy atom. The average molecular weight is 216 g/mol. The van der Waals surface area contributed by atoms with E-state index in [9.17, 15) is 0 Å². The van der Waals surface area contributed by atoms with Crippen molar-refractivity contribution in [2.45, 2.75) is 14.7 Å². The fraction of sp³-hybridized carbons (Fsp3) is 0.333. The maximum absolute atomic E-state index is 2.18. The number of thioether (sulfide) groups is 3. The van der Waals surface area contributed by atoms with Crippen molar-refractivity contribution in [1.29, 1.82) is 0 Å². The van der Waals surface area contributed by atoms with Gasteiger partial charge >= 0.3 is 0 Å². The van der Waals surface area contributed by atoms with Gasteiger partial charge in [-0.05, 0) is 30.9 Å². The Morgan fingerprint density at radius 1 is 0.833 bits per heavy atom. The summed E-state index contributed by atoms with van der Waals surface area (Å²) in [4.78, 5) is 4.18. The maximum Gasteiger partial charge on any atom is 0.0341 e. The summed E-state index contributed by atoms with van der Waals surface area (Å²) in [5.74, 6) is 0. The van der Waals surface area contributed by atoms with Gasteiger partial charge in [-0.25, -0.2) is 0 Å². The molecule has 3 heteroatoms. The third kappa shape index (κ3) is 2.15. The quantitative estimate of drug-likeness (QED) is 0.704. The molecule has 0 radical (unpaired) electrons. The summed E-state index contributed by atoms with van der Waals surface area (Å²) in [6.07, 6.45) is 6.38. The molecule has 0 saturated carbocycles. The Labute approximate surface area is 86.9 Å². The smallest absolute Gasteiger partial charge is 0.0341 e. The van der Waals surface area contributed by atoms with E-state index in [2.05, 4.69) is 37.0 Å². The number of hydrogen-bond donors (Lipinski definition) is 0. The summed E-state index contributed by atoms with van der Waals surface area (Å²) in [6.45, 7) is 0. The van der Waals surface area contributed by atoms with E-state index >= 15 is 0 Å². The first-order valence-corrected chi connectivity index (χ1v) is 7.26. The lowest BCUT2D eigenvalue weighted by Gasteiger charge is -2.08. The van der Waals surface area contributed by atoms with Gasteiger partial charge in [0.15, 0.2) is 0 Å². The maximum atomic E-state index is 2.18. The minimum atomic E-state index is 1.38. The van der Waals surface area contributed by atoms with Crippen LogP contribution < -0.4 is 0 Å². The Balaban J connectivity index is 3.13. The fourth-order valence-corrected chi connectivity index (χ4v) is 3.64. The van der Waals surface area contributed by atoms with E-state index in [-0.39, 0.29) is 0 Å². The zero-order valence-electron chi connectivity index (χ0n) is 7.46. The zero-order valence-corrected chi connectivity index (χ0v) is 9.91. The van der Waals surface area contributed by atoms with Crippen LogP contribution in [0, 0.1) is 0 Å². The van der Waals surface area contributed by atoms with Crippen LogP contribution in [0.15, 0.2) is 32.9 Å². The lowest BCUT2D eigenvalue weighted by atomic mass is 10.4. The lowest BCUT2D eigenvalue weighted by Crippen LogP contribution is -1.80. The van der Waals surface area contributed by atoms with E-state index in [1.54, 1.807) is 0 Å². The molecule has 0 saturated heterocycles. The second-order valence-corrected chi connectivity index (χ2v) is 4.71. The molecule has 0 heterocycles. The SMILES string of the molecule is CSc1cccc(SC)c1SC. The zero-order chi connectivity index (χ0) is 8.97. The highest BCUT2D eigenvalue weighted by molar-refractivity contribution is 8.03. The van der Waals surface area contributed by atoms with Crippen LogP contribution in [0.3, 0.4) is 0 Å². The average Bonchev–Trinajstić information content (AvgIpc) is 2.16. The molecule has 0 N–H and O–H groups in total. The van der Waals surface area contributed by atoms with Crippen LogP contribution in [0.1, 0.15) is 0 Å². The van der Waals surface area contributed by atoms with Crippen LogP contribution in [-0.2, 0) is 0 Å². The second kappa shape index (κ2) is 5.10. The van der Waals surface area contributed by atoms with Crippen LogP contribution in [-0.4, -0.2) is 18.8 Å². The molecule has 1 aromatic rings. The standard InChI is InChI=1S/C9H12S3/c1-10-7-5-4-6-8(11-2)9(7)12-3/h4-6H,1-3H3. The molecule has 0 nitrogen and oxygen atoms in total. The normalized spacial score (nSPS) is 10.2. The minimum Gasteiger partial charge on any atom is -0.128 e. The third-order valence-corrected chi connectivity index (χ3v) is 4.25. The molecule has 0 amide bonds. The van der Waals surface area contributed by atoms with Crippen molar-refractivity contribution in [2.75, 3.05) is 18.8 Å². The first kappa shape index (κ1) is 10.4. The Kier molecular flexibility index (Phi) is 4.40. The molecule has 0 aromatic heterocycles. The van der Waals surface area contributed by atoms with Gasteiger partial charge in [0, 0.05) is 14.7 Å². The van der Waals surface area contributed by atoms with Gasteiger partial charge in [-0.2, -0.15) is 0 Å². The minimum absolute atomic E-state index is 1.38. The van der Waals surface area contributed by atoms with Crippen molar-refractivity contribution in [3.63, 3.8) is 0 Å². The molecule has 0 spiro atoms. The van der Waals surface area contributed by atoms with Crippen molar-refractivity contribution in [3.8, 4) is 0 Å². The van der Waals surface area contributed by atoms with Crippen molar-refractivity contribution in [3.05, 3.63) is 18.2 Å². The predicted octanol–water partition coefficient (Wildman–Crippen LogP) is 3.85. The van der Waals surface area contributed by atoms with E-state index in [4.69, 9.17) is 0 Å². The molecular weight excluding hydrogens is 204 g/mol. The topological polar surface area (TPSA) is 0 Å². The number of hydrogen-bond acceptors (Lipinski definition) is 3. The predicted molar refractivity (Wildman–Crippen MR) is 61.8 cm³/mol. The van der Waals surface area contributed by atoms with Crippen LogP contribution in [0.2, 0.25) is 0 Å². The summed E-state index contributed by atoms with van der Waals surface area (Å²) in [5, 5.41) is 0. The third-order valence-electron chi connectivity index (χ3n) is 1.59. The summed E-state index contributed by atoms with van der Waals surface area (Å²) in [5.41, 5.74) is 0. The van der Waals surface area contributed by atoms with E-state index in [0.29, 0.717) is 0 Å². The molecule has 66 valence electrons. The summed E-state index contributed by atoms with van der Waals surface area (Å²) in [6, 6.07) is 6.48. The molecule has 0 aliphatic heterocycles. The van der Waals surface area contributed by atoms with E-state index in [1.165, 1.54) is 14.7 Å². The number of benzene rings is 1. The number of rotatable bonds is 3. The Hall–Kier alpha value is 0.270. The van der Waals surface area contributed by atoms with Crippen LogP contribution in [0.5, 0.6) is 0 Å². The van der Waals surface area contributed by atoms with Crippen LogP contribution >= 0.6 is 35.3 Å². The van der Waals surface area contributed by atoms with Gasteiger partial charge in [-0.15, -0.1) is 35.3 Å². The molecular formula is C9H12S3. The Morgan fingerprint density at radius 2 is 1.33 bits per heavy atom. The van der Waals surface area contributed by atoms with Crippen LogP contribution in [0.4, 0.5) is 0 Å². The van der Waals surface area contributed by atoms with Gasteiger partial charge in [0.25, 0.3) is 0 Å². The first-order chi connectivity index (χ1) is 5.83. The molecule has 1 aromatic carbocycles. The van der Waals surface area contributed by atoms with E-state index < -0.39 is 0 Å². The molecule has 0 bridgehead atoms. The summed E-state index contributed by atoms with van der Waals surface area (Å²) in [7, 11) is 0. The Bertz CT molecular complexity index is 236. The summed E-state index contributed by atoms with van der Waals surface area (Å²) >= 11 is 5.46.